The molecule has 5 nitrogen and oxygen atoms in total. The van der Waals surface area contributed by atoms with Crippen molar-refractivity contribution in [2.75, 3.05) is 13.1 Å². The number of carbonyl (C=O) groups excluding carboxylic acids is 1. The Morgan fingerprint density at radius 3 is 3.00 bits per heavy atom. The SMILES string of the molecule is C=C[C@H]1CN2CC[C@H]1C[C@H]2[C@H](OC(C)=O)c1ccnc2ccc(O)cc12. The Hall–Kier alpha value is -2.40. The molecular weight excluding hydrogens is 328 g/mol. The van der Waals surface area contributed by atoms with Crippen molar-refractivity contribution in [3.05, 3.63) is 48.7 Å². The molecule has 2 aromatic rings. The van der Waals surface area contributed by atoms with Crippen molar-refractivity contribution in [3.8, 4) is 5.75 Å². The van der Waals surface area contributed by atoms with E-state index in [0.717, 1.165) is 42.4 Å². The van der Waals surface area contributed by atoms with Crippen LogP contribution in [0.4, 0.5) is 0 Å². The molecule has 2 bridgehead atoms. The number of benzene rings is 1. The van der Waals surface area contributed by atoms with Gasteiger partial charge in [0, 0.05) is 30.6 Å². The minimum Gasteiger partial charge on any atom is -0.508 e. The van der Waals surface area contributed by atoms with Gasteiger partial charge in [0.25, 0.3) is 0 Å². The highest BCUT2D eigenvalue weighted by Crippen LogP contribution is 2.43. The van der Waals surface area contributed by atoms with Crippen molar-refractivity contribution in [2.24, 2.45) is 11.8 Å². The lowest BCUT2D eigenvalue weighted by atomic mass is 9.73. The molecule has 0 spiro atoms. The highest BCUT2D eigenvalue weighted by atomic mass is 16.5. The number of ether oxygens (including phenoxy) is 1. The van der Waals surface area contributed by atoms with Crippen LogP contribution in [0.5, 0.6) is 5.75 Å². The number of hydrogen-bond acceptors (Lipinski definition) is 5. The van der Waals surface area contributed by atoms with Gasteiger partial charge in [0.15, 0.2) is 0 Å². The van der Waals surface area contributed by atoms with Gasteiger partial charge in [0.2, 0.25) is 0 Å². The normalized spacial score (nSPS) is 28.7. The largest absolute Gasteiger partial charge is 0.508 e. The molecule has 5 heteroatoms. The number of aromatic hydroxyl groups is 1. The smallest absolute Gasteiger partial charge is 0.303 e. The summed E-state index contributed by atoms with van der Waals surface area (Å²) < 4.78 is 5.83. The van der Waals surface area contributed by atoms with Crippen LogP contribution in [0.15, 0.2) is 43.1 Å². The maximum Gasteiger partial charge on any atom is 0.303 e. The minimum absolute atomic E-state index is 0.141. The standard InChI is InChI=1S/C21H24N2O3/c1-3-14-12-23-9-7-15(14)10-20(23)21(26-13(2)24)17-6-8-22-19-5-4-16(25)11-18(17)19/h3-6,8,11,14-15,20-21,25H,1,7,9-10,12H2,2H3/t14-,15-,20-,21+/m0/s1. The van der Waals surface area contributed by atoms with Crippen LogP contribution in [0.3, 0.4) is 0 Å². The van der Waals surface area contributed by atoms with E-state index in [1.54, 1.807) is 24.4 Å². The zero-order chi connectivity index (χ0) is 18.3. The molecule has 3 saturated heterocycles. The average molecular weight is 352 g/mol. The number of piperidine rings is 3. The van der Waals surface area contributed by atoms with E-state index in [-0.39, 0.29) is 23.9 Å². The fourth-order valence-electron chi connectivity index (χ4n) is 4.62. The van der Waals surface area contributed by atoms with E-state index in [4.69, 9.17) is 4.74 Å². The van der Waals surface area contributed by atoms with Gasteiger partial charge in [0.05, 0.1) is 11.6 Å². The van der Waals surface area contributed by atoms with E-state index in [1.165, 1.54) is 6.92 Å². The third kappa shape index (κ3) is 2.97. The molecule has 136 valence electrons. The first-order valence-corrected chi connectivity index (χ1v) is 9.18. The number of phenols is 1. The highest BCUT2D eigenvalue weighted by Gasteiger charge is 2.44. The van der Waals surface area contributed by atoms with Gasteiger partial charge < -0.3 is 9.84 Å². The van der Waals surface area contributed by atoms with Gasteiger partial charge >= 0.3 is 5.97 Å². The molecule has 0 aliphatic carbocycles. The van der Waals surface area contributed by atoms with Gasteiger partial charge in [-0.05, 0) is 55.5 Å². The van der Waals surface area contributed by atoms with Crippen LogP contribution >= 0.6 is 0 Å². The lowest BCUT2D eigenvalue weighted by molar-refractivity contribution is -0.154. The Kier molecular flexibility index (Phi) is 4.41. The van der Waals surface area contributed by atoms with Crippen LogP contribution in [0.2, 0.25) is 0 Å². The Morgan fingerprint density at radius 1 is 1.46 bits per heavy atom. The Bertz CT molecular complexity index is 850. The Labute approximate surface area is 153 Å². The van der Waals surface area contributed by atoms with Gasteiger partial charge in [-0.1, -0.05) is 6.08 Å². The molecule has 1 aromatic heterocycles. The predicted octanol–water partition coefficient (Wildman–Crippen LogP) is 3.44. The number of rotatable bonds is 4. The third-order valence-electron chi connectivity index (χ3n) is 5.86. The summed E-state index contributed by atoms with van der Waals surface area (Å²) in [5.41, 5.74) is 1.70. The number of hydrogen-bond donors (Lipinski definition) is 1. The van der Waals surface area contributed by atoms with E-state index < -0.39 is 0 Å². The molecular formula is C21H24N2O3. The molecule has 1 unspecified atom stereocenters. The molecule has 26 heavy (non-hydrogen) atoms. The molecule has 5 atom stereocenters. The molecule has 5 rings (SSSR count). The summed E-state index contributed by atoms with van der Waals surface area (Å²) >= 11 is 0. The third-order valence-corrected chi connectivity index (χ3v) is 5.86. The summed E-state index contributed by atoms with van der Waals surface area (Å²) in [4.78, 5) is 18.7. The first-order valence-electron chi connectivity index (χ1n) is 9.18. The summed E-state index contributed by atoms with van der Waals surface area (Å²) in [5, 5.41) is 10.8. The van der Waals surface area contributed by atoms with Gasteiger partial charge in [-0.3, -0.25) is 14.7 Å². The summed E-state index contributed by atoms with van der Waals surface area (Å²) in [6.45, 7) is 7.42. The van der Waals surface area contributed by atoms with Crippen molar-refractivity contribution in [3.63, 3.8) is 0 Å². The molecule has 3 aliphatic heterocycles. The number of fused-ring (bicyclic) bond motifs is 4. The minimum atomic E-state index is -0.367. The monoisotopic (exact) mass is 352 g/mol. The summed E-state index contributed by atoms with van der Waals surface area (Å²) in [6.07, 6.45) is 5.59. The zero-order valence-corrected chi connectivity index (χ0v) is 15.0. The number of aromatic nitrogens is 1. The number of phenolic OH excluding ortho intramolecular Hbond substituents is 1. The van der Waals surface area contributed by atoms with Crippen LogP contribution in [-0.2, 0) is 9.53 Å². The highest BCUT2D eigenvalue weighted by molar-refractivity contribution is 5.84. The summed E-state index contributed by atoms with van der Waals surface area (Å²) in [7, 11) is 0. The first-order chi connectivity index (χ1) is 12.6. The van der Waals surface area contributed by atoms with Crippen LogP contribution in [0.25, 0.3) is 10.9 Å². The Morgan fingerprint density at radius 2 is 2.31 bits per heavy atom. The maximum absolute atomic E-state index is 11.9. The predicted molar refractivity (Wildman–Crippen MR) is 99.7 cm³/mol. The van der Waals surface area contributed by atoms with Crippen molar-refractivity contribution < 1.29 is 14.6 Å². The second kappa shape index (κ2) is 6.72. The lowest BCUT2D eigenvalue weighted by Crippen LogP contribution is -2.55. The van der Waals surface area contributed by atoms with Gasteiger partial charge in [-0.2, -0.15) is 0 Å². The maximum atomic E-state index is 11.9. The van der Waals surface area contributed by atoms with Gasteiger partial charge in [-0.25, -0.2) is 0 Å². The summed E-state index contributed by atoms with van der Waals surface area (Å²) in [5.74, 6) is 0.992. The van der Waals surface area contributed by atoms with E-state index >= 15 is 0 Å². The molecule has 0 saturated carbocycles. The summed E-state index contributed by atoms with van der Waals surface area (Å²) in [6, 6.07) is 7.17. The quantitative estimate of drug-likeness (QED) is 0.675. The second-order valence-electron chi connectivity index (χ2n) is 7.38. The van der Waals surface area contributed by atoms with E-state index in [0.29, 0.717) is 11.8 Å². The number of nitrogens with zero attached hydrogens (tertiary/aromatic N) is 2. The van der Waals surface area contributed by atoms with Crippen LogP contribution in [0.1, 0.15) is 31.4 Å². The van der Waals surface area contributed by atoms with E-state index in [9.17, 15) is 9.90 Å². The van der Waals surface area contributed by atoms with Gasteiger partial charge in [0.1, 0.15) is 11.9 Å². The molecule has 1 aromatic carbocycles. The molecule has 1 N–H and O–H groups in total. The number of carbonyl (C=O) groups is 1. The van der Waals surface area contributed by atoms with Gasteiger partial charge in [-0.15, -0.1) is 6.58 Å². The second-order valence-corrected chi connectivity index (χ2v) is 7.38. The van der Waals surface area contributed by atoms with E-state index in [1.807, 2.05) is 6.07 Å². The van der Waals surface area contributed by atoms with Crippen molar-refractivity contribution in [1.29, 1.82) is 0 Å². The van der Waals surface area contributed by atoms with Crippen molar-refractivity contribution in [1.82, 2.24) is 9.88 Å². The van der Waals surface area contributed by atoms with Crippen LogP contribution in [-0.4, -0.2) is 40.1 Å². The zero-order valence-electron chi connectivity index (χ0n) is 15.0. The Balaban J connectivity index is 1.76. The topological polar surface area (TPSA) is 62.7 Å². The molecule has 0 radical (unpaired) electrons. The molecule has 0 amide bonds. The van der Waals surface area contributed by atoms with Crippen LogP contribution in [0, 0.1) is 11.8 Å². The first kappa shape index (κ1) is 17.0. The number of esters is 1. The molecule has 3 aliphatic rings. The number of pyridine rings is 1. The molecule has 4 heterocycles. The van der Waals surface area contributed by atoms with E-state index in [2.05, 4.69) is 22.5 Å². The average Bonchev–Trinajstić information content (AvgIpc) is 2.65. The lowest BCUT2D eigenvalue weighted by Gasteiger charge is -2.51. The van der Waals surface area contributed by atoms with Crippen molar-refractivity contribution >= 4 is 16.9 Å². The fraction of sp³-hybridized carbons (Fsp3) is 0.429. The van der Waals surface area contributed by atoms with Crippen LogP contribution < -0.4 is 0 Å². The fourth-order valence-corrected chi connectivity index (χ4v) is 4.62. The molecule has 3 fully saturated rings. The van der Waals surface area contributed by atoms with Crippen molar-refractivity contribution in [2.45, 2.75) is 31.9 Å².